The fourth-order valence-electron chi connectivity index (χ4n) is 3.10. The number of rotatable bonds is 5. The third kappa shape index (κ3) is 3.85. The summed E-state index contributed by atoms with van der Waals surface area (Å²) >= 11 is 0. The van der Waals surface area contributed by atoms with Crippen LogP contribution in [0.4, 0.5) is 5.69 Å². The topological polar surface area (TPSA) is 81.9 Å². The molecule has 2 unspecified atom stereocenters. The van der Waals surface area contributed by atoms with Gasteiger partial charge in [0.2, 0.25) is 0 Å². The number of sulfonamides is 1. The number of anilines is 1. The van der Waals surface area contributed by atoms with Gasteiger partial charge in [0.25, 0.3) is 10.0 Å². The lowest BCUT2D eigenvalue weighted by Crippen LogP contribution is -2.42. The Hall–Kier alpha value is -2.35. The summed E-state index contributed by atoms with van der Waals surface area (Å²) in [6.45, 7) is 3.83. The van der Waals surface area contributed by atoms with Gasteiger partial charge in [0.1, 0.15) is 11.9 Å². The summed E-state index contributed by atoms with van der Waals surface area (Å²) in [6, 6.07) is 13.1. The monoisotopic (exact) mass is 388 g/mol. The summed E-state index contributed by atoms with van der Waals surface area (Å²) in [5.41, 5.74) is 8.09. The van der Waals surface area contributed by atoms with Crippen molar-refractivity contribution in [2.75, 3.05) is 12.8 Å². The van der Waals surface area contributed by atoms with Crippen molar-refractivity contribution in [1.29, 1.82) is 0 Å². The second-order valence-corrected chi connectivity index (χ2v) is 8.21. The normalized spacial score (nSPS) is 20.9. The highest BCUT2D eigenvalue weighted by atomic mass is 32.2. The fourth-order valence-corrected chi connectivity index (χ4v) is 4.49. The van der Waals surface area contributed by atoms with Crippen molar-refractivity contribution in [2.24, 2.45) is 0 Å². The molecule has 144 valence electrons. The molecule has 6 nitrogen and oxygen atoms in total. The lowest BCUT2D eigenvalue weighted by Gasteiger charge is -2.36. The van der Waals surface area contributed by atoms with Crippen molar-refractivity contribution >= 4 is 15.7 Å². The van der Waals surface area contributed by atoms with E-state index >= 15 is 0 Å². The van der Waals surface area contributed by atoms with Crippen LogP contribution >= 0.6 is 0 Å². The first-order chi connectivity index (χ1) is 12.9. The SMILES string of the molecule is CCC1=CC(C)N(S(=O)(=O)c2ccc(N)cc2)OC1c1ccc(OC)cc1. The Bertz CT molecular complexity index is 921. The number of ether oxygens (including phenoxy) is 1. The Morgan fingerprint density at radius 2 is 1.74 bits per heavy atom. The van der Waals surface area contributed by atoms with E-state index in [-0.39, 0.29) is 4.90 Å². The van der Waals surface area contributed by atoms with Gasteiger partial charge in [-0.25, -0.2) is 8.42 Å². The lowest BCUT2D eigenvalue weighted by atomic mass is 9.97. The van der Waals surface area contributed by atoms with Crippen LogP contribution < -0.4 is 10.5 Å². The van der Waals surface area contributed by atoms with Crippen LogP contribution in [0.25, 0.3) is 0 Å². The van der Waals surface area contributed by atoms with Crippen molar-refractivity contribution in [3.8, 4) is 5.75 Å². The molecule has 3 rings (SSSR count). The maximum atomic E-state index is 13.1. The number of hydroxylamine groups is 1. The molecule has 0 amide bonds. The predicted molar refractivity (Wildman–Crippen MR) is 105 cm³/mol. The van der Waals surface area contributed by atoms with E-state index in [1.54, 1.807) is 26.2 Å². The molecule has 1 aliphatic rings. The molecule has 0 aliphatic carbocycles. The van der Waals surface area contributed by atoms with Crippen molar-refractivity contribution in [3.63, 3.8) is 0 Å². The van der Waals surface area contributed by atoms with Crippen LogP contribution in [0.3, 0.4) is 0 Å². The Labute approximate surface area is 160 Å². The van der Waals surface area contributed by atoms with E-state index in [1.807, 2.05) is 37.3 Å². The first kappa shape index (κ1) is 19.4. The van der Waals surface area contributed by atoms with E-state index in [2.05, 4.69) is 0 Å². The van der Waals surface area contributed by atoms with E-state index in [0.717, 1.165) is 27.8 Å². The molecular weight excluding hydrogens is 364 g/mol. The van der Waals surface area contributed by atoms with Gasteiger partial charge in [-0.3, -0.25) is 4.84 Å². The molecule has 0 saturated carbocycles. The maximum Gasteiger partial charge on any atom is 0.265 e. The molecule has 0 saturated heterocycles. The van der Waals surface area contributed by atoms with Crippen molar-refractivity contribution in [3.05, 3.63) is 65.7 Å². The van der Waals surface area contributed by atoms with Gasteiger partial charge in [0, 0.05) is 5.69 Å². The molecule has 0 spiro atoms. The molecule has 0 bridgehead atoms. The fraction of sp³-hybridized carbons (Fsp3) is 0.300. The van der Waals surface area contributed by atoms with E-state index < -0.39 is 22.2 Å². The third-order valence-electron chi connectivity index (χ3n) is 4.58. The van der Waals surface area contributed by atoms with Crippen molar-refractivity contribution < 1.29 is 18.0 Å². The highest BCUT2D eigenvalue weighted by Crippen LogP contribution is 2.37. The molecule has 0 radical (unpaired) electrons. The number of hydrogen-bond acceptors (Lipinski definition) is 5. The van der Waals surface area contributed by atoms with Crippen LogP contribution in [-0.2, 0) is 14.9 Å². The zero-order valence-corrected chi connectivity index (χ0v) is 16.4. The summed E-state index contributed by atoms with van der Waals surface area (Å²) in [6.07, 6.45) is 2.24. The maximum absolute atomic E-state index is 13.1. The molecule has 2 aromatic carbocycles. The molecule has 2 atom stereocenters. The summed E-state index contributed by atoms with van der Waals surface area (Å²) in [7, 11) is -2.22. The molecule has 2 aromatic rings. The van der Waals surface area contributed by atoms with Crippen molar-refractivity contribution in [2.45, 2.75) is 37.3 Å². The van der Waals surface area contributed by atoms with Gasteiger partial charge in [0.15, 0.2) is 0 Å². The molecule has 1 aliphatic heterocycles. The standard InChI is InChI=1S/C20H24N2O4S/c1-4-15-13-14(2)22(27(23,24)19-11-7-17(21)8-12-19)26-20(15)16-5-9-18(25-3)10-6-16/h5-14,20H,4,21H2,1-3H3. The first-order valence-corrected chi connectivity index (χ1v) is 10.2. The summed E-state index contributed by atoms with van der Waals surface area (Å²) in [4.78, 5) is 6.16. The minimum Gasteiger partial charge on any atom is -0.497 e. The average Bonchev–Trinajstić information content (AvgIpc) is 2.68. The number of nitrogens with zero attached hydrogens (tertiary/aromatic N) is 1. The van der Waals surface area contributed by atoms with E-state index in [0.29, 0.717) is 5.69 Å². The Kier molecular flexibility index (Phi) is 5.55. The summed E-state index contributed by atoms with van der Waals surface area (Å²) in [5.74, 6) is 0.733. The predicted octanol–water partition coefficient (Wildman–Crippen LogP) is 3.68. The second-order valence-electron chi connectivity index (χ2n) is 6.42. The highest BCUT2D eigenvalue weighted by Gasteiger charge is 2.37. The average molecular weight is 388 g/mol. The van der Waals surface area contributed by atoms with E-state index in [9.17, 15) is 8.42 Å². The van der Waals surface area contributed by atoms with Crippen LogP contribution in [0.1, 0.15) is 31.9 Å². The molecule has 1 heterocycles. The highest BCUT2D eigenvalue weighted by molar-refractivity contribution is 7.89. The minimum atomic E-state index is -3.83. The van der Waals surface area contributed by atoms with Gasteiger partial charge in [0.05, 0.1) is 18.0 Å². The van der Waals surface area contributed by atoms with Gasteiger partial charge in [-0.05, 0) is 60.9 Å². The Morgan fingerprint density at radius 1 is 1.11 bits per heavy atom. The minimum absolute atomic E-state index is 0.144. The van der Waals surface area contributed by atoms with Gasteiger partial charge < -0.3 is 10.5 Å². The Balaban J connectivity index is 1.97. The van der Waals surface area contributed by atoms with E-state index in [4.69, 9.17) is 15.3 Å². The zero-order chi connectivity index (χ0) is 19.6. The van der Waals surface area contributed by atoms with Gasteiger partial charge in [-0.2, -0.15) is 0 Å². The van der Waals surface area contributed by atoms with Crippen LogP contribution in [0.5, 0.6) is 5.75 Å². The van der Waals surface area contributed by atoms with Crippen LogP contribution in [0.15, 0.2) is 65.1 Å². The molecular formula is C20H24N2O4S. The van der Waals surface area contributed by atoms with Crippen LogP contribution in [-0.4, -0.2) is 26.0 Å². The second kappa shape index (κ2) is 7.72. The largest absolute Gasteiger partial charge is 0.497 e. The molecule has 27 heavy (non-hydrogen) atoms. The first-order valence-electron chi connectivity index (χ1n) is 8.78. The van der Waals surface area contributed by atoms with E-state index in [1.165, 1.54) is 12.1 Å². The number of benzene rings is 2. The summed E-state index contributed by atoms with van der Waals surface area (Å²) < 4.78 is 32.5. The molecule has 0 fully saturated rings. The number of hydrogen-bond donors (Lipinski definition) is 1. The lowest BCUT2D eigenvalue weighted by molar-refractivity contribution is -0.144. The third-order valence-corrected chi connectivity index (χ3v) is 6.34. The van der Waals surface area contributed by atoms with Crippen molar-refractivity contribution in [1.82, 2.24) is 4.47 Å². The number of nitrogens with two attached hydrogens (primary N) is 1. The zero-order valence-electron chi connectivity index (χ0n) is 15.6. The summed E-state index contributed by atoms with van der Waals surface area (Å²) in [5, 5.41) is 0. The van der Waals surface area contributed by atoms with Gasteiger partial charge >= 0.3 is 0 Å². The molecule has 2 N–H and O–H groups in total. The Morgan fingerprint density at radius 3 is 2.30 bits per heavy atom. The number of methoxy groups -OCH3 is 1. The van der Waals surface area contributed by atoms with Crippen LogP contribution in [0.2, 0.25) is 0 Å². The quantitative estimate of drug-likeness (QED) is 0.624. The van der Waals surface area contributed by atoms with Crippen LogP contribution in [0, 0.1) is 0 Å². The smallest absolute Gasteiger partial charge is 0.265 e. The molecule has 7 heteroatoms. The number of nitrogen functional groups attached to an aromatic ring is 1. The molecule has 0 aromatic heterocycles. The van der Waals surface area contributed by atoms with Gasteiger partial charge in [-0.15, -0.1) is 0 Å². The van der Waals surface area contributed by atoms with Gasteiger partial charge in [-0.1, -0.05) is 29.6 Å².